The maximum absolute atomic E-state index is 12.8. The van der Waals surface area contributed by atoms with Crippen LogP contribution < -0.4 is 5.32 Å². The normalized spacial score (nSPS) is 10.5. The van der Waals surface area contributed by atoms with E-state index in [4.69, 9.17) is 9.52 Å². The van der Waals surface area contributed by atoms with Gasteiger partial charge in [0, 0.05) is 24.9 Å². The van der Waals surface area contributed by atoms with Gasteiger partial charge in [-0.3, -0.25) is 4.79 Å². The van der Waals surface area contributed by atoms with Crippen LogP contribution in [0.25, 0.3) is 11.3 Å². The quantitative estimate of drug-likeness (QED) is 0.840. The Morgan fingerprint density at radius 3 is 2.80 bits per heavy atom. The Balaban J connectivity index is 1.92. The molecule has 0 aliphatic rings. The van der Waals surface area contributed by atoms with Crippen molar-refractivity contribution in [2.45, 2.75) is 12.8 Å². The molecular formula is C14H15FN2O3. The first-order valence-corrected chi connectivity index (χ1v) is 6.27. The first-order chi connectivity index (χ1) is 9.69. The summed E-state index contributed by atoms with van der Waals surface area (Å²) in [7, 11) is 0. The minimum Gasteiger partial charge on any atom is -0.441 e. The number of rotatable bonds is 6. The highest BCUT2D eigenvalue weighted by Gasteiger charge is 2.08. The average molecular weight is 278 g/mol. The Morgan fingerprint density at radius 2 is 2.10 bits per heavy atom. The monoisotopic (exact) mass is 278 g/mol. The van der Waals surface area contributed by atoms with E-state index in [1.165, 1.54) is 12.1 Å². The fourth-order valence-electron chi connectivity index (χ4n) is 1.68. The summed E-state index contributed by atoms with van der Waals surface area (Å²) in [6, 6.07) is 5.90. The number of oxazole rings is 1. The molecule has 6 heteroatoms. The number of aliphatic hydroxyl groups excluding tert-OH is 1. The number of carbonyl (C=O) groups is 1. The molecular weight excluding hydrogens is 263 g/mol. The zero-order chi connectivity index (χ0) is 14.4. The summed E-state index contributed by atoms with van der Waals surface area (Å²) < 4.78 is 18.3. The molecule has 2 aromatic rings. The van der Waals surface area contributed by atoms with Gasteiger partial charge >= 0.3 is 0 Å². The lowest BCUT2D eigenvalue weighted by Crippen LogP contribution is -2.26. The van der Waals surface area contributed by atoms with Crippen LogP contribution >= 0.6 is 0 Å². The molecule has 2 N–H and O–H groups in total. The number of hydrogen-bond acceptors (Lipinski definition) is 4. The van der Waals surface area contributed by atoms with Crippen molar-refractivity contribution < 1.29 is 18.7 Å². The predicted molar refractivity (Wildman–Crippen MR) is 70.3 cm³/mol. The van der Waals surface area contributed by atoms with Gasteiger partial charge in [0.25, 0.3) is 0 Å². The van der Waals surface area contributed by atoms with Crippen LogP contribution in [0, 0.1) is 5.82 Å². The van der Waals surface area contributed by atoms with Crippen LogP contribution in [0.1, 0.15) is 12.3 Å². The fourth-order valence-corrected chi connectivity index (χ4v) is 1.68. The largest absolute Gasteiger partial charge is 0.441 e. The first kappa shape index (κ1) is 14.2. The van der Waals surface area contributed by atoms with E-state index in [9.17, 15) is 9.18 Å². The second-order valence-electron chi connectivity index (χ2n) is 4.20. The standard InChI is InChI=1S/C14H15FN2O3/c15-11-3-1-10(2-4-11)12-9-17-14(20-12)6-5-13(19)16-7-8-18/h1-4,9,18H,5-8H2,(H,16,19). The topological polar surface area (TPSA) is 75.4 Å². The minimum absolute atomic E-state index is 0.0839. The molecule has 0 aliphatic carbocycles. The number of hydrogen-bond donors (Lipinski definition) is 2. The maximum Gasteiger partial charge on any atom is 0.220 e. The second kappa shape index (κ2) is 6.81. The Kier molecular flexibility index (Phi) is 4.84. The number of aromatic nitrogens is 1. The van der Waals surface area contributed by atoms with E-state index >= 15 is 0 Å². The number of carbonyl (C=O) groups excluding carboxylic acids is 1. The molecule has 0 unspecified atom stereocenters. The zero-order valence-corrected chi connectivity index (χ0v) is 10.8. The van der Waals surface area contributed by atoms with Gasteiger partial charge in [0.2, 0.25) is 5.91 Å². The van der Waals surface area contributed by atoms with E-state index in [1.807, 2.05) is 0 Å². The highest BCUT2D eigenvalue weighted by molar-refractivity contribution is 5.76. The highest BCUT2D eigenvalue weighted by Crippen LogP contribution is 2.21. The number of halogens is 1. The molecule has 5 nitrogen and oxygen atoms in total. The van der Waals surface area contributed by atoms with E-state index in [0.717, 1.165) is 5.56 Å². The van der Waals surface area contributed by atoms with Crippen molar-refractivity contribution in [3.8, 4) is 11.3 Å². The van der Waals surface area contributed by atoms with E-state index in [1.54, 1.807) is 18.3 Å². The predicted octanol–water partition coefficient (Wildman–Crippen LogP) is 1.52. The fraction of sp³-hybridized carbons (Fsp3) is 0.286. The van der Waals surface area contributed by atoms with Crippen molar-refractivity contribution in [3.63, 3.8) is 0 Å². The Morgan fingerprint density at radius 1 is 1.35 bits per heavy atom. The maximum atomic E-state index is 12.8. The van der Waals surface area contributed by atoms with E-state index in [2.05, 4.69) is 10.3 Å². The molecule has 2 rings (SSSR count). The van der Waals surface area contributed by atoms with Gasteiger partial charge in [0.15, 0.2) is 11.7 Å². The number of nitrogens with one attached hydrogen (secondary N) is 1. The lowest BCUT2D eigenvalue weighted by atomic mass is 10.2. The minimum atomic E-state index is -0.311. The Bertz CT molecular complexity index is 566. The third kappa shape index (κ3) is 3.89. The van der Waals surface area contributed by atoms with Gasteiger partial charge in [-0.1, -0.05) is 0 Å². The van der Waals surface area contributed by atoms with Crippen LogP contribution in [-0.4, -0.2) is 29.1 Å². The first-order valence-electron chi connectivity index (χ1n) is 6.27. The average Bonchev–Trinajstić information content (AvgIpc) is 2.92. The van der Waals surface area contributed by atoms with Crippen molar-refractivity contribution in [1.29, 1.82) is 0 Å². The van der Waals surface area contributed by atoms with E-state index in [-0.39, 0.29) is 31.3 Å². The van der Waals surface area contributed by atoms with Crippen LogP contribution in [0.4, 0.5) is 4.39 Å². The number of benzene rings is 1. The van der Waals surface area contributed by atoms with Crippen molar-refractivity contribution in [2.75, 3.05) is 13.2 Å². The summed E-state index contributed by atoms with van der Waals surface area (Å²) in [5.41, 5.74) is 0.731. The SMILES string of the molecule is O=C(CCc1ncc(-c2ccc(F)cc2)o1)NCCO. The molecule has 20 heavy (non-hydrogen) atoms. The molecule has 1 aromatic carbocycles. The molecule has 0 bridgehead atoms. The molecule has 0 radical (unpaired) electrons. The molecule has 0 aliphatic heterocycles. The van der Waals surface area contributed by atoms with Gasteiger partial charge in [0.1, 0.15) is 5.82 Å². The third-order valence-corrected chi connectivity index (χ3v) is 2.68. The van der Waals surface area contributed by atoms with Crippen LogP contribution in [0.2, 0.25) is 0 Å². The van der Waals surface area contributed by atoms with E-state index in [0.29, 0.717) is 18.1 Å². The van der Waals surface area contributed by atoms with Crippen molar-refractivity contribution >= 4 is 5.91 Å². The van der Waals surface area contributed by atoms with Crippen molar-refractivity contribution in [2.24, 2.45) is 0 Å². The molecule has 1 aromatic heterocycles. The highest BCUT2D eigenvalue weighted by atomic mass is 19.1. The Labute approximate surface area is 115 Å². The summed E-state index contributed by atoms with van der Waals surface area (Å²) in [5, 5.41) is 11.1. The van der Waals surface area contributed by atoms with Crippen LogP contribution in [0.15, 0.2) is 34.9 Å². The molecule has 0 spiro atoms. The summed E-state index contributed by atoms with van der Waals surface area (Å²) >= 11 is 0. The summed E-state index contributed by atoms with van der Waals surface area (Å²) in [6.07, 6.45) is 2.16. The third-order valence-electron chi connectivity index (χ3n) is 2.68. The molecule has 1 amide bonds. The van der Waals surface area contributed by atoms with Crippen LogP contribution in [0.3, 0.4) is 0 Å². The molecule has 0 atom stereocenters. The smallest absolute Gasteiger partial charge is 0.220 e. The number of nitrogens with zero attached hydrogens (tertiary/aromatic N) is 1. The van der Waals surface area contributed by atoms with Gasteiger partial charge in [-0.2, -0.15) is 0 Å². The van der Waals surface area contributed by atoms with Crippen LogP contribution in [0.5, 0.6) is 0 Å². The molecule has 106 valence electrons. The summed E-state index contributed by atoms with van der Waals surface area (Å²) in [4.78, 5) is 15.4. The zero-order valence-electron chi connectivity index (χ0n) is 10.8. The molecule has 1 heterocycles. The summed E-state index contributed by atoms with van der Waals surface area (Å²) in [5.74, 6) is 0.508. The van der Waals surface area contributed by atoms with Crippen molar-refractivity contribution in [1.82, 2.24) is 10.3 Å². The van der Waals surface area contributed by atoms with Crippen molar-refractivity contribution in [3.05, 3.63) is 42.2 Å². The van der Waals surface area contributed by atoms with Gasteiger partial charge in [-0.15, -0.1) is 0 Å². The molecule has 0 fully saturated rings. The van der Waals surface area contributed by atoms with Crippen LogP contribution in [-0.2, 0) is 11.2 Å². The Hall–Kier alpha value is -2.21. The number of aryl methyl sites for hydroxylation is 1. The lowest BCUT2D eigenvalue weighted by Gasteiger charge is -2.00. The van der Waals surface area contributed by atoms with Gasteiger partial charge in [-0.25, -0.2) is 9.37 Å². The van der Waals surface area contributed by atoms with Gasteiger partial charge < -0.3 is 14.8 Å². The molecule has 0 saturated heterocycles. The van der Waals surface area contributed by atoms with Gasteiger partial charge in [-0.05, 0) is 24.3 Å². The van der Waals surface area contributed by atoms with Gasteiger partial charge in [0.05, 0.1) is 12.8 Å². The van der Waals surface area contributed by atoms with E-state index < -0.39 is 0 Å². The lowest BCUT2D eigenvalue weighted by molar-refractivity contribution is -0.121. The summed E-state index contributed by atoms with van der Waals surface area (Å²) in [6.45, 7) is 0.157. The number of aliphatic hydroxyl groups is 1. The molecule has 0 saturated carbocycles. The number of amides is 1. The second-order valence-corrected chi connectivity index (χ2v) is 4.20.